The van der Waals surface area contributed by atoms with E-state index in [1.54, 1.807) is 46.7 Å². The number of aromatic hydroxyl groups is 1. The largest absolute Gasteiger partial charge is 0.506 e. The number of carbonyl (C=O) groups is 1. The smallest absolute Gasteiger partial charge is 0.258 e. The highest BCUT2D eigenvalue weighted by atomic mass is 19.1. The van der Waals surface area contributed by atoms with E-state index in [0.29, 0.717) is 22.9 Å². The number of rotatable bonds is 4. The van der Waals surface area contributed by atoms with Gasteiger partial charge in [-0.05, 0) is 42.5 Å². The van der Waals surface area contributed by atoms with Gasteiger partial charge in [0.15, 0.2) is 11.5 Å². The Morgan fingerprint density at radius 2 is 1.88 bits per heavy atom. The summed E-state index contributed by atoms with van der Waals surface area (Å²) in [5, 5.41) is 21.3. The molecule has 0 aliphatic rings. The van der Waals surface area contributed by atoms with Gasteiger partial charge in [-0.25, -0.2) is 13.9 Å². The van der Waals surface area contributed by atoms with Crippen molar-refractivity contribution in [1.29, 1.82) is 0 Å². The van der Waals surface area contributed by atoms with Crippen LogP contribution in [0.15, 0.2) is 67.3 Å². The van der Waals surface area contributed by atoms with Crippen LogP contribution < -0.4 is 5.32 Å². The van der Waals surface area contributed by atoms with Gasteiger partial charge in [0.05, 0.1) is 23.7 Å². The minimum Gasteiger partial charge on any atom is -0.506 e. The van der Waals surface area contributed by atoms with Crippen LogP contribution in [0.5, 0.6) is 5.75 Å². The molecule has 0 radical (unpaired) electrons. The summed E-state index contributed by atoms with van der Waals surface area (Å²) in [7, 11) is 1.80. The third-order valence-electron chi connectivity index (χ3n) is 4.77. The fraction of sp³-hybridized carbons (Fsp3) is 0.0455. The molecule has 0 aliphatic carbocycles. The topological polar surface area (TPSA) is 110 Å². The average Bonchev–Trinajstić information content (AvgIpc) is 3.36. The molecule has 0 aliphatic heterocycles. The van der Waals surface area contributed by atoms with Gasteiger partial charge in [0.25, 0.3) is 5.91 Å². The van der Waals surface area contributed by atoms with Gasteiger partial charge in [0, 0.05) is 30.6 Å². The number of aryl methyl sites for hydroxylation is 1. The number of fused-ring (bicyclic) bond motifs is 1. The molecule has 10 heteroatoms. The molecule has 32 heavy (non-hydrogen) atoms. The van der Waals surface area contributed by atoms with E-state index in [0.717, 1.165) is 11.1 Å². The summed E-state index contributed by atoms with van der Waals surface area (Å²) in [5.41, 5.74) is 3.58. The van der Waals surface area contributed by atoms with Gasteiger partial charge in [-0.1, -0.05) is 0 Å². The number of nitrogens with one attached hydrogen (secondary N) is 1. The fourth-order valence-electron chi connectivity index (χ4n) is 3.32. The van der Waals surface area contributed by atoms with Crippen molar-refractivity contribution in [1.82, 2.24) is 29.4 Å². The third-order valence-corrected chi connectivity index (χ3v) is 4.77. The van der Waals surface area contributed by atoms with Gasteiger partial charge in [-0.15, -0.1) is 0 Å². The second-order valence-corrected chi connectivity index (χ2v) is 7.11. The second kappa shape index (κ2) is 7.58. The number of nitrogens with zero attached hydrogens (tertiary/aromatic N) is 6. The second-order valence-electron chi connectivity index (χ2n) is 7.11. The summed E-state index contributed by atoms with van der Waals surface area (Å²) < 4.78 is 16.6. The summed E-state index contributed by atoms with van der Waals surface area (Å²) >= 11 is 0. The molecule has 4 aromatic heterocycles. The highest BCUT2D eigenvalue weighted by Crippen LogP contribution is 2.30. The third kappa shape index (κ3) is 3.65. The molecule has 0 bridgehead atoms. The van der Waals surface area contributed by atoms with Crippen molar-refractivity contribution in [3.05, 3.63) is 78.6 Å². The summed E-state index contributed by atoms with van der Waals surface area (Å²) in [6.07, 6.45) is 6.01. The first kappa shape index (κ1) is 19.4. The molecule has 0 saturated heterocycles. The Morgan fingerprint density at radius 3 is 2.66 bits per heavy atom. The molecular formula is C22H16FN7O2. The molecular weight excluding hydrogens is 413 g/mol. The first-order valence-corrected chi connectivity index (χ1v) is 9.58. The minimum atomic E-state index is -0.456. The monoisotopic (exact) mass is 429 g/mol. The van der Waals surface area contributed by atoms with Crippen LogP contribution >= 0.6 is 0 Å². The van der Waals surface area contributed by atoms with Gasteiger partial charge >= 0.3 is 0 Å². The number of anilines is 1. The van der Waals surface area contributed by atoms with E-state index in [1.165, 1.54) is 30.6 Å². The molecule has 2 N–H and O–H groups in total. The molecule has 0 unspecified atom stereocenters. The Labute approximate surface area is 180 Å². The number of pyridine rings is 1. The zero-order valence-electron chi connectivity index (χ0n) is 16.8. The van der Waals surface area contributed by atoms with Crippen molar-refractivity contribution in [3.63, 3.8) is 0 Å². The maximum absolute atomic E-state index is 13.3. The van der Waals surface area contributed by atoms with E-state index in [4.69, 9.17) is 0 Å². The maximum Gasteiger partial charge on any atom is 0.258 e. The number of imidazole rings is 1. The summed E-state index contributed by atoms with van der Waals surface area (Å²) in [6.45, 7) is 0. The van der Waals surface area contributed by atoms with Gasteiger partial charge in [0.2, 0.25) is 0 Å². The Kier molecular flexibility index (Phi) is 4.59. The molecule has 9 nitrogen and oxygen atoms in total. The van der Waals surface area contributed by atoms with E-state index in [2.05, 4.69) is 25.5 Å². The average molecular weight is 429 g/mol. The quantitative estimate of drug-likeness (QED) is 0.454. The van der Waals surface area contributed by atoms with Gasteiger partial charge in [-0.3, -0.25) is 14.5 Å². The standard InChI is InChI=1S/C22H16FN7O2/c1-29-11-17(21(28-29)13-2-4-15(23)5-3-13)18-6-7-20-25-19(12-30(20)27-18)26-22(32)14-8-16(31)10-24-9-14/h2-12,31H,1H3,(H,26,32). The molecule has 5 rings (SSSR count). The Hall–Kier alpha value is -4.60. The number of hydrogen-bond acceptors (Lipinski definition) is 6. The van der Waals surface area contributed by atoms with Crippen LogP contribution in [-0.2, 0) is 7.05 Å². The van der Waals surface area contributed by atoms with Gasteiger partial charge in [0.1, 0.15) is 17.3 Å². The van der Waals surface area contributed by atoms with Crippen molar-refractivity contribution in [2.24, 2.45) is 7.05 Å². The SMILES string of the molecule is Cn1cc(-c2ccc3nc(NC(=O)c4cncc(O)c4)cn3n2)c(-c2ccc(F)cc2)n1. The molecule has 0 saturated carbocycles. The number of hydrogen-bond donors (Lipinski definition) is 2. The van der Waals surface area contributed by atoms with Crippen LogP contribution in [0.2, 0.25) is 0 Å². The van der Waals surface area contributed by atoms with Crippen molar-refractivity contribution in [2.45, 2.75) is 0 Å². The molecule has 0 atom stereocenters. The number of benzene rings is 1. The molecule has 1 aromatic carbocycles. The van der Waals surface area contributed by atoms with Crippen LogP contribution in [0.1, 0.15) is 10.4 Å². The Balaban J connectivity index is 1.47. The zero-order chi connectivity index (χ0) is 22.2. The zero-order valence-corrected chi connectivity index (χ0v) is 16.8. The lowest BCUT2D eigenvalue weighted by Gasteiger charge is -2.03. The van der Waals surface area contributed by atoms with Crippen LogP contribution in [-0.4, -0.2) is 40.4 Å². The summed E-state index contributed by atoms with van der Waals surface area (Å²) in [5.74, 6) is -0.580. The van der Waals surface area contributed by atoms with Crippen molar-refractivity contribution >= 4 is 17.4 Å². The fourth-order valence-corrected chi connectivity index (χ4v) is 3.32. The first-order chi connectivity index (χ1) is 15.5. The number of amides is 1. The Bertz CT molecular complexity index is 1460. The van der Waals surface area contributed by atoms with Crippen LogP contribution in [0.3, 0.4) is 0 Å². The van der Waals surface area contributed by atoms with E-state index < -0.39 is 5.91 Å². The lowest BCUT2D eigenvalue weighted by atomic mass is 10.1. The highest BCUT2D eigenvalue weighted by Gasteiger charge is 2.16. The maximum atomic E-state index is 13.3. The lowest BCUT2D eigenvalue weighted by Crippen LogP contribution is -2.12. The van der Waals surface area contributed by atoms with E-state index in [9.17, 15) is 14.3 Å². The van der Waals surface area contributed by atoms with Gasteiger partial charge in [-0.2, -0.15) is 10.2 Å². The number of carbonyl (C=O) groups excluding carboxylic acids is 1. The number of aromatic nitrogens is 6. The van der Waals surface area contributed by atoms with Crippen molar-refractivity contribution < 1.29 is 14.3 Å². The lowest BCUT2D eigenvalue weighted by molar-refractivity contribution is 0.102. The molecule has 1 amide bonds. The first-order valence-electron chi connectivity index (χ1n) is 9.58. The van der Waals surface area contributed by atoms with Gasteiger partial charge < -0.3 is 10.4 Å². The molecule has 5 aromatic rings. The molecule has 4 heterocycles. The van der Waals surface area contributed by atoms with Crippen LogP contribution in [0, 0.1) is 5.82 Å². The summed E-state index contributed by atoms with van der Waals surface area (Å²) in [4.78, 5) is 20.5. The van der Waals surface area contributed by atoms with Crippen LogP contribution in [0.25, 0.3) is 28.2 Å². The van der Waals surface area contributed by atoms with E-state index in [1.807, 2.05) is 6.20 Å². The Morgan fingerprint density at radius 1 is 1.06 bits per heavy atom. The van der Waals surface area contributed by atoms with E-state index in [-0.39, 0.29) is 17.1 Å². The molecule has 0 fully saturated rings. The van der Waals surface area contributed by atoms with E-state index >= 15 is 0 Å². The summed E-state index contributed by atoms with van der Waals surface area (Å²) in [6, 6.07) is 11.0. The van der Waals surface area contributed by atoms with Crippen LogP contribution in [0.4, 0.5) is 10.2 Å². The normalized spacial score (nSPS) is 11.1. The highest BCUT2D eigenvalue weighted by molar-refractivity contribution is 6.03. The number of halogens is 1. The predicted octanol–water partition coefficient (Wildman–Crippen LogP) is 3.29. The van der Waals surface area contributed by atoms with Crippen molar-refractivity contribution in [2.75, 3.05) is 5.32 Å². The molecule has 158 valence electrons. The molecule has 0 spiro atoms. The minimum absolute atomic E-state index is 0.104. The van der Waals surface area contributed by atoms with Crippen molar-refractivity contribution in [3.8, 4) is 28.3 Å². The predicted molar refractivity (Wildman–Crippen MR) is 114 cm³/mol.